The molecule has 1 heterocycles. The monoisotopic (exact) mass is 611 g/mol. The van der Waals surface area contributed by atoms with Gasteiger partial charge in [0.25, 0.3) is 0 Å². The summed E-state index contributed by atoms with van der Waals surface area (Å²) in [4.78, 5) is 0. The lowest BCUT2D eigenvalue weighted by atomic mass is 9.83. The second kappa shape index (κ2) is 10.2. The Labute approximate surface area is 293 Å². The van der Waals surface area contributed by atoms with Crippen LogP contribution in [0.2, 0.25) is 0 Å². The molecule has 10 rings (SSSR count). The van der Waals surface area contributed by atoms with Gasteiger partial charge in [-0.3, -0.25) is 0 Å². The van der Waals surface area contributed by atoms with Crippen LogP contribution in [0.15, 0.2) is 174 Å². The fourth-order valence-corrected chi connectivity index (χ4v) is 6.81. The number of hydrogen-bond acceptors (Lipinski definition) is 1. The van der Waals surface area contributed by atoms with Crippen molar-refractivity contribution in [1.82, 2.24) is 0 Å². The van der Waals surface area contributed by atoms with Gasteiger partial charge in [-0.1, -0.05) is 151 Å². The average Bonchev–Trinajstić information content (AvgIpc) is 3.66. The van der Waals surface area contributed by atoms with E-state index in [1.807, 2.05) is 66.7 Å². The van der Waals surface area contributed by atoms with Crippen LogP contribution in [0, 0.1) is 0 Å². The lowest BCUT2D eigenvalue weighted by Gasteiger charge is -2.20. The summed E-state index contributed by atoms with van der Waals surface area (Å²) < 4.78 is 141. The average molecular weight is 612 g/mol. The van der Waals surface area contributed by atoms with Gasteiger partial charge < -0.3 is 4.42 Å². The Bertz CT molecular complexity index is 3620. The highest BCUT2D eigenvalue weighted by Crippen LogP contribution is 2.47. The van der Waals surface area contributed by atoms with Gasteiger partial charge in [0.15, 0.2) is 0 Å². The largest absolute Gasteiger partial charge is 0.456 e. The van der Waals surface area contributed by atoms with Crippen LogP contribution in [0.25, 0.3) is 98.4 Å². The summed E-state index contributed by atoms with van der Waals surface area (Å²) in [5, 5.41) is 1.32. The van der Waals surface area contributed by atoms with Crippen molar-refractivity contribution in [1.29, 1.82) is 0 Å². The first-order chi connectivity index (χ1) is 29.6. The quantitative estimate of drug-likeness (QED) is 0.181. The maximum absolute atomic E-state index is 9.49. The summed E-state index contributed by atoms with van der Waals surface area (Å²) >= 11 is 0. The topological polar surface area (TPSA) is 13.1 Å². The zero-order chi connectivity index (χ0) is 44.0. The van der Waals surface area contributed by atoms with Crippen LogP contribution in [0.1, 0.15) is 20.6 Å². The molecule has 0 fully saturated rings. The number of hydrogen-bond donors (Lipinski definition) is 0. The second-order valence-corrected chi connectivity index (χ2v) is 11.3. The lowest BCUT2D eigenvalue weighted by molar-refractivity contribution is 0.669. The maximum atomic E-state index is 9.49. The first kappa shape index (κ1) is 15.4. The summed E-state index contributed by atoms with van der Waals surface area (Å²) in [7, 11) is 0. The third kappa shape index (κ3) is 3.90. The molecule has 10 aromatic rings. The van der Waals surface area contributed by atoms with Gasteiger partial charge in [-0.15, -0.1) is 0 Å². The standard InChI is InChI=1S/C46H28O/c1-2-14-31-29(12-1)13-11-22-36(31)45-37-18-5-7-20-39(37)46(40-21-8-6-19-38(40)45)41-26-25-32(33-15-3-4-16-34(33)41)30-24-27-44-42(28-30)35-17-9-10-23-43(35)47-44/h1-28H/i1D,2D,5D,6D,7D,8D,11D,12D,13D,14D,18D,19D,20D,21D,22D. The number of fused-ring (bicyclic) bond motifs is 7. The van der Waals surface area contributed by atoms with E-state index in [0.29, 0.717) is 21.9 Å². The zero-order valence-electron chi connectivity index (χ0n) is 39.4. The van der Waals surface area contributed by atoms with Crippen molar-refractivity contribution in [2.75, 3.05) is 0 Å². The van der Waals surface area contributed by atoms with E-state index in [9.17, 15) is 6.85 Å². The van der Waals surface area contributed by atoms with Gasteiger partial charge >= 0.3 is 0 Å². The highest BCUT2D eigenvalue weighted by Gasteiger charge is 2.20. The van der Waals surface area contributed by atoms with Gasteiger partial charge in [-0.2, -0.15) is 0 Å². The zero-order valence-corrected chi connectivity index (χ0v) is 24.4. The van der Waals surface area contributed by atoms with Crippen LogP contribution in [-0.4, -0.2) is 0 Å². The van der Waals surface area contributed by atoms with E-state index in [0.717, 1.165) is 27.5 Å². The van der Waals surface area contributed by atoms with Crippen molar-refractivity contribution < 1.29 is 25.0 Å². The Kier molecular flexibility index (Phi) is 3.33. The van der Waals surface area contributed by atoms with E-state index in [-0.39, 0.29) is 32.7 Å². The van der Waals surface area contributed by atoms with Crippen LogP contribution in [0.3, 0.4) is 0 Å². The predicted molar refractivity (Wildman–Crippen MR) is 200 cm³/mol. The molecule has 0 spiro atoms. The van der Waals surface area contributed by atoms with Crippen LogP contribution in [-0.2, 0) is 0 Å². The van der Waals surface area contributed by atoms with Crippen molar-refractivity contribution in [3.63, 3.8) is 0 Å². The summed E-state index contributed by atoms with van der Waals surface area (Å²) in [5.41, 5.74) is 2.67. The predicted octanol–water partition coefficient (Wildman–Crippen LogP) is 13.2. The molecule has 0 aliphatic heterocycles. The van der Waals surface area contributed by atoms with E-state index >= 15 is 0 Å². The molecule has 0 saturated carbocycles. The molecular formula is C46H28O. The molecule has 0 aliphatic carbocycles. The minimum atomic E-state index is -0.757. The van der Waals surface area contributed by atoms with E-state index in [2.05, 4.69) is 0 Å². The van der Waals surface area contributed by atoms with E-state index < -0.39 is 107 Å². The molecule has 0 amide bonds. The van der Waals surface area contributed by atoms with Crippen molar-refractivity contribution in [3.05, 3.63) is 169 Å². The molecular weight excluding hydrogens is 569 g/mol. The van der Waals surface area contributed by atoms with Crippen LogP contribution in [0.4, 0.5) is 0 Å². The van der Waals surface area contributed by atoms with Crippen LogP contribution in [0.5, 0.6) is 0 Å². The van der Waals surface area contributed by atoms with Gasteiger partial charge in [0, 0.05) is 10.8 Å². The molecule has 218 valence electrons. The van der Waals surface area contributed by atoms with Gasteiger partial charge in [-0.05, 0) is 94.7 Å². The molecule has 1 heteroatoms. The smallest absolute Gasteiger partial charge is 0.135 e. The second-order valence-electron chi connectivity index (χ2n) is 11.3. The molecule has 0 aliphatic rings. The van der Waals surface area contributed by atoms with Gasteiger partial charge in [0.05, 0.1) is 20.6 Å². The molecule has 0 unspecified atom stereocenters. The van der Waals surface area contributed by atoms with Crippen molar-refractivity contribution >= 4 is 65.0 Å². The minimum Gasteiger partial charge on any atom is -0.456 e. The molecule has 9 aromatic carbocycles. The first-order valence-corrected chi connectivity index (χ1v) is 15.0. The summed E-state index contributed by atoms with van der Waals surface area (Å²) in [5.74, 6) is 0. The van der Waals surface area contributed by atoms with E-state index in [1.54, 1.807) is 12.1 Å². The van der Waals surface area contributed by atoms with E-state index in [1.165, 1.54) is 0 Å². The normalized spacial score (nSPS) is 16.3. The fourth-order valence-electron chi connectivity index (χ4n) is 6.81. The minimum absolute atomic E-state index is 0.0396. The Morgan fingerprint density at radius 3 is 1.62 bits per heavy atom. The Morgan fingerprint density at radius 1 is 0.362 bits per heavy atom. The van der Waals surface area contributed by atoms with Crippen LogP contribution >= 0.6 is 0 Å². The molecule has 0 N–H and O–H groups in total. The van der Waals surface area contributed by atoms with Crippen molar-refractivity contribution in [2.24, 2.45) is 0 Å². The van der Waals surface area contributed by atoms with E-state index in [4.69, 9.17) is 18.1 Å². The van der Waals surface area contributed by atoms with Crippen molar-refractivity contribution in [2.45, 2.75) is 0 Å². The molecule has 0 radical (unpaired) electrons. The SMILES string of the molecule is [2H]c1c([2H])c([2H])c2c(-c3c4c([2H])c([2H])c([2H])c([2H])c4c(-c4ccc(-c5ccc6oc7ccccc7c6c5)c5ccccc45)c4c([2H])c([2H])c([2H])c([2H])c34)c([2H])c([2H])c([2H])c2c1[2H]. The molecule has 47 heavy (non-hydrogen) atoms. The highest BCUT2D eigenvalue weighted by atomic mass is 16.3. The summed E-state index contributed by atoms with van der Waals surface area (Å²) in [6, 6.07) is 14.3. The maximum Gasteiger partial charge on any atom is 0.135 e. The number of furan rings is 1. The molecule has 0 atom stereocenters. The van der Waals surface area contributed by atoms with Gasteiger partial charge in [0.2, 0.25) is 0 Å². The first-order valence-electron chi connectivity index (χ1n) is 22.5. The fraction of sp³-hybridized carbons (Fsp3) is 0. The Morgan fingerprint density at radius 2 is 0.894 bits per heavy atom. The summed E-state index contributed by atoms with van der Waals surface area (Å²) in [6.07, 6.45) is 0. The molecule has 1 nitrogen and oxygen atoms in total. The number of benzene rings is 9. The Hall–Kier alpha value is -6.18. The van der Waals surface area contributed by atoms with Crippen LogP contribution < -0.4 is 0 Å². The third-order valence-electron chi connectivity index (χ3n) is 8.82. The van der Waals surface area contributed by atoms with Gasteiger partial charge in [-0.25, -0.2) is 0 Å². The number of rotatable bonds is 3. The summed E-state index contributed by atoms with van der Waals surface area (Å²) in [6.45, 7) is 0. The Balaban J connectivity index is 1.44. The third-order valence-corrected chi connectivity index (χ3v) is 8.82. The van der Waals surface area contributed by atoms with Crippen molar-refractivity contribution in [3.8, 4) is 33.4 Å². The highest BCUT2D eigenvalue weighted by molar-refractivity contribution is 6.25. The lowest BCUT2D eigenvalue weighted by Crippen LogP contribution is -1.93. The van der Waals surface area contributed by atoms with Gasteiger partial charge in [0.1, 0.15) is 11.2 Å². The molecule has 0 bridgehead atoms. The number of para-hydroxylation sites is 1. The molecule has 0 saturated heterocycles. The molecule has 1 aromatic heterocycles.